The summed E-state index contributed by atoms with van der Waals surface area (Å²) in [4.78, 5) is 16.7. The molecular formula is C11H14N2O2S. The van der Waals surface area contributed by atoms with Gasteiger partial charge in [-0.1, -0.05) is 30.3 Å². The molecule has 1 aliphatic heterocycles. The molecule has 0 spiro atoms. The maximum absolute atomic E-state index is 11.5. The first kappa shape index (κ1) is 11.4. The number of rotatable bonds is 4. The summed E-state index contributed by atoms with van der Waals surface area (Å²) in [5.41, 5.74) is 3.49. The van der Waals surface area contributed by atoms with Gasteiger partial charge in [0.2, 0.25) is 0 Å². The Morgan fingerprint density at radius 3 is 3.00 bits per heavy atom. The summed E-state index contributed by atoms with van der Waals surface area (Å²) in [6.45, 7) is 1.27. The Labute approximate surface area is 98.7 Å². The van der Waals surface area contributed by atoms with Crippen LogP contribution in [0.2, 0.25) is 0 Å². The lowest BCUT2D eigenvalue weighted by Crippen LogP contribution is -2.38. The zero-order valence-corrected chi connectivity index (χ0v) is 9.63. The lowest BCUT2D eigenvalue weighted by atomic mass is 10.2. The Bertz CT molecular complexity index is 339. The second kappa shape index (κ2) is 5.89. The van der Waals surface area contributed by atoms with Crippen molar-refractivity contribution in [1.82, 2.24) is 10.8 Å². The Hall–Kier alpha value is -1.04. The molecule has 1 aromatic rings. The van der Waals surface area contributed by atoms with E-state index in [9.17, 15) is 4.79 Å². The lowest BCUT2D eigenvalue weighted by Gasteiger charge is -2.10. The smallest absolute Gasteiger partial charge is 0.271 e. The number of benzene rings is 1. The minimum absolute atomic E-state index is 0.113. The minimum Gasteiger partial charge on any atom is -0.297 e. The second-order valence-corrected chi connectivity index (χ2v) is 4.66. The highest BCUT2D eigenvalue weighted by Gasteiger charge is 2.22. The van der Waals surface area contributed by atoms with Gasteiger partial charge in [-0.2, -0.15) is 0 Å². The summed E-state index contributed by atoms with van der Waals surface area (Å²) in [5, 5.41) is 2.91. The van der Waals surface area contributed by atoms with Crippen LogP contribution in [0.25, 0.3) is 0 Å². The van der Waals surface area contributed by atoms with Crippen LogP contribution in [0.3, 0.4) is 0 Å². The molecule has 1 amide bonds. The van der Waals surface area contributed by atoms with Gasteiger partial charge in [0.1, 0.15) is 5.37 Å². The maximum atomic E-state index is 11.5. The number of hydrogen-bond donors (Lipinski definition) is 2. The van der Waals surface area contributed by atoms with Crippen molar-refractivity contribution in [3.05, 3.63) is 35.9 Å². The first-order valence-electron chi connectivity index (χ1n) is 5.17. The highest BCUT2D eigenvalue weighted by atomic mass is 32.2. The summed E-state index contributed by atoms with van der Waals surface area (Å²) < 4.78 is 0. The van der Waals surface area contributed by atoms with E-state index in [1.54, 1.807) is 11.8 Å². The predicted molar refractivity (Wildman–Crippen MR) is 63.6 cm³/mol. The molecule has 86 valence electrons. The van der Waals surface area contributed by atoms with Crippen molar-refractivity contribution in [2.75, 3.05) is 12.3 Å². The van der Waals surface area contributed by atoms with E-state index in [0.717, 1.165) is 17.9 Å². The van der Waals surface area contributed by atoms with Gasteiger partial charge >= 0.3 is 0 Å². The van der Waals surface area contributed by atoms with E-state index in [4.69, 9.17) is 4.84 Å². The van der Waals surface area contributed by atoms with Crippen LogP contribution < -0.4 is 10.8 Å². The van der Waals surface area contributed by atoms with Crippen molar-refractivity contribution in [2.45, 2.75) is 12.0 Å². The monoisotopic (exact) mass is 238 g/mol. The molecule has 0 saturated carbocycles. The fourth-order valence-electron chi connectivity index (χ4n) is 1.41. The van der Waals surface area contributed by atoms with Gasteiger partial charge in [-0.25, -0.2) is 5.48 Å². The van der Waals surface area contributed by atoms with Gasteiger partial charge in [-0.3, -0.25) is 14.9 Å². The molecule has 2 N–H and O–H groups in total. The molecule has 0 aromatic heterocycles. The van der Waals surface area contributed by atoms with E-state index in [1.165, 1.54) is 0 Å². The van der Waals surface area contributed by atoms with E-state index >= 15 is 0 Å². The summed E-state index contributed by atoms with van der Waals surface area (Å²) in [6.07, 6.45) is 0. The van der Waals surface area contributed by atoms with Gasteiger partial charge in [0, 0.05) is 12.3 Å². The fraction of sp³-hybridized carbons (Fsp3) is 0.364. The third-order valence-electron chi connectivity index (χ3n) is 2.21. The van der Waals surface area contributed by atoms with Crippen molar-refractivity contribution in [3.8, 4) is 0 Å². The zero-order valence-electron chi connectivity index (χ0n) is 8.81. The zero-order chi connectivity index (χ0) is 11.2. The van der Waals surface area contributed by atoms with Crippen LogP contribution in [-0.4, -0.2) is 23.6 Å². The van der Waals surface area contributed by atoms with Crippen molar-refractivity contribution in [3.63, 3.8) is 0 Å². The van der Waals surface area contributed by atoms with Crippen LogP contribution in [0.4, 0.5) is 0 Å². The lowest BCUT2D eigenvalue weighted by molar-refractivity contribution is -0.134. The largest absolute Gasteiger partial charge is 0.297 e. The highest BCUT2D eigenvalue weighted by molar-refractivity contribution is 8.00. The standard InChI is InChI=1S/C11H14N2O2S/c14-10(11-12-6-7-16-11)13-15-8-9-4-2-1-3-5-9/h1-5,11-12H,6-8H2,(H,13,14). The first-order valence-corrected chi connectivity index (χ1v) is 6.22. The van der Waals surface area contributed by atoms with Crippen LogP contribution in [0, 0.1) is 0 Å². The molecule has 1 saturated heterocycles. The number of nitrogens with one attached hydrogen (secondary N) is 2. The highest BCUT2D eigenvalue weighted by Crippen LogP contribution is 2.13. The normalized spacial score (nSPS) is 19.6. The van der Waals surface area contributed by atoms with Crippen LogP contribution in [0.15, 0.2) is 30.3 Å². The molecule has 1 unspecified atom stereocenters. The molecule has 1 heterocycles. The van der Waals surface area contributed by atoms with E-state index < -0.39 is 0 Å². The number of hydroxylamine groups is 1. The van der Waals surface area contributed by atoms with Crippen LogP contribution in [0.1, 0.15) is 5.56 Å². The van der Waals surface area contributed by atoms with Gasteiger partial charge in [-0.05, 0) is 5.56 Å². The van der Waals surface area contributed by atoms with E-state index in [2.05, 4.69) is 10.8 Å². The van der Waals surface area contributed by atoms with Gasteiger partial charge in [0.05, 0.1) is 6.61 Å². The average molecular weight is 238 g/mol. The molecule has 0 bridgehead atoms. The molecule has 1 aliphatic rings. The maximum Gasteiger partial charge on any atom is 0.271 e. The SMILES string of the molecule is O=C(NOCc1ccccc1)C1NCCS1. The Morgan fingerprint density at radius 2 is 2.31 bits per heavy atom. The number of carbonyl (C=O) groups excluding carboxylic acids is 1. The van der Waals surface area contributed by atoms with Crippen molar-refractivity contribution in [2.24, 2.45) is 0 Å². The third kappa shape index (κ3) is 3.23. The molecule has 5 heteroatoms. The number of thioether (sulfide) groups is 1. The quantitative estimate of drug-likeness (QED) is 0.765. The van der Waals surface area contributed by atoms with E-state index in [0.29, 0.717) is 6.61 Å². The summed E-state index contributed by atoms with van der Waals surface area (Å²) in [6, 6.07) is 9.73. The van der Waals surface area contributed by atoms with Crippen LogP contribution >= 0.6 is 11.8 Å². The second-order valence-electron chi connectivity index (χ2n) is 3.45. The average Bonchev–Trinajstić information content (AvgIpc) is 2.84. The Balaban J connectivity index is 1.70. The molecule has 16 heavy (non-hydrogen) atoms. The predicted octanol–water partition coefficient (Wildman–Crippen LogP) is 0.897. The number of amides is 1. The van der Waals surface area contributed by atoms with Crippen LogP contribution in [0.5, 0.6) is 0 Å². The molecule has 1 aromatic carbocycles. The van der Waals surface area contributed by atoms with Crippen molar-refractivity contribution >= 4 is 17.7 Å². The number of hydrogen-bond acceptors (Lipinski definition) is 4. The molecule has 1 fully saturated rings. The molecule has 0 aliphatic carbocycles. The Morgan fingerprint density at radius 1 is 1.50 bits per heavy atom. The van der Waals surface area contributed by atoms with Crippen LogP contribution in [-0.2, 0) is 16.2 Å². The molecular weight excluding hydrogens is 224 g/mol. The molecule has 0 radical (unpaired) electrons. The van der Waals surface area contributed by atoms with E-state index in [-0.39, 0.29) is 11.3 Å². The summed E-state index contributed by atoms with van der Waals surface area (Å²) in [5.74, 6) is 0.856. The van der Waals surface area contributed by atoms with E-state index in [1.807, 2.05) is 30.3 Å². The fourth-order valence-corrected chi connectivity index (χ4v) is 2.32. The molecule has 1 atom stereocenters. The van der Waals surface area contributed by atoms with Gasteiger partial charge in [-0.15, -0.1) is 11.8 Å². The van der Waals surface area contributed by atoms with Crippen molar-refractivity contribution < 1.29 is 9.63 Å². The van der Waals surface area contributed by atoms with Gasteiger partial charge < -0.3 is 0 Å². The van der Waals surface area contributed by atoms with Gasteiger partial charge in [0.25, 0.3) is 5.91 Å². The Kier molecular flexibility index (Phi) is 4.21. The topological polar surface area (TPSA) is 50.4 Å². The van der Waals surface area contributed by atoms with Gasteiger partial charge in [0.15, 0.2) is 0 Å². The summed E-state index contributed by atoms with van der Waals surface area (Å²) in [7, 11) is 0. The first-order chi connectivity index (χ1) is 7.86. The third-order valence-corrected chi connectivity index (χ3v) is 3.36. The molecule has 4 nitrogen and oxygen atoms in total. The summed E-state index contributed by atoms with van der Waals surface area (Å²) >= 11 is 1.59. The molecule has 2 rings (SSSR count). The van der Waals surface area contributed by atoms with Crippen molar-refractivity contribution in [1.29, 1.82) is 0 Å². The minimum atomic E-state index is -0.171. The number of carbonyl (C=O) groups is 1.